The van der Waals surface area contributed by atoms with Gasteiger partial charge in [0.25, 0.3) is 0 Å². The van der Waals surface area contributed by atoms with Crippen molar-refractivity contribution in [1.29, 1.82) is 0 Å². The Morgan fingerprint density at radius 3 is 2.62 bits per heavy atom. The molecule has 0 radical (unpaired) electrons. The van der Waals surface area contributed by atoms with Crippen LogP contribution in [0.5, 0.6) is 0 Å². The van der Waals surface area contributed by atoms with Crippen molar-refractivity contribution in [1.82, 2.24) is 0 Å². The van der Waals surface area contributed by atoms with Crippen LogP contribution in [0.3, 0.4) is 0 Å². The number of ether oxygens (including phenoxy) is 1. The fourth-order valence-electron chi connectivity index (χ4n) is 4.77. The summed E-state index contributed by atoms with van der Waals surface area (Å²) in [5, 5.41) is 2.97. The van der Waals surface area contributed by atoms with E-state index in [9.17, 15) is 14.0 Å². The molecule has 194 valence electrons. The summed E-state index contributed by atoms with van der Waals surface area (Å²) < 4.78 is 19.7. The van der Waals surface area contributed by atoms with Gasteiger partial charge < -0.3 is 19.9 Å². The van der Waals surface area contributed by atoms with Gasteiger partial charge in [0.1, 0.15) is 5.82 Å². The molecule has 1 amide bonds. The van der Waals surface area contributed by atoms with Crippen molar-refractivity contribution in [2.45, 2.75) is 39.2 Å². The highest BCUT2D eigenvalue weighted by Gasteiger charge is 2.22. The van der Waals surface area contributed by atoms with Crippen LogP contribution in [0.1, 0.15) is 36.5 Å². The second-order valence-corrected chi connectivity index (χ2v) is 9.29. The average Bonchev–Trinajstić information content (AvgIpc) is 2.89. The fourth-order valence-corrected chi connectivity index (χ4v) is 4.77. The van der Waals surface area contributed by atoms with Crippen LogP contribution < -0.4 is 15.1 Å². The SMILES string of the molecule is CCOC(=O)CCc1ccc(N(C)Cc2cccc3c2CCCN3CC(=O)Nc2ccccc2)cc1F. The van der Waals surface area contributed by atoms with Crippen LogP contribution >= 0.6 is 0 Å². The Morgan fingerprint density at radius 2 is 1.86 bits per heavy atom. The second kappa shape index (κ2) is 12.4. The van der Waals surface area contributed by atoms with Crippen molar-refractivity contribution >= 4 is 28.9 Å². The van der Waals surface area contributed by atoms with Gasteiger partial charge in [0, 0.05) is 43.6 Å². The molecule has 6 nitrogen and oxygen atoms in total. The van der Waals surface area contributed by atoms with E-state index in [4.69, 9.17) is 4.74 Å². The molecule has 3 aromatic rings. The van der Waals surface area contributed by atoms with Gasteiger partial charge in [-0.1, -0.05) is 36.4 Å². The van der Waals surface area contributed by atoms with Gasteiger partial charge >= 0.3 is 5.97 Å². The summed E-state index contributed by atoms with van der Waals surface area (Å²) in [5.74, 6) is -0.678. The van der Waals surface area contributed by atoms with E-state index >= 15 is 0 Å². The lowest BCUT2D eigenvalue weighted by atomic mass is 9.95. The van der Waals surface area contributed by atoms with E-state index in [1.807, 2.05) is 54.4 Å². The standard InChI is InChI=1S/C30H34FN3O3/c1-3-37-30(36)17-15-22-14-16-25(19-27(22)31)33(2)20-23-9-7-13-28-26(23)12-8-18-34(28)21-29(35)32-24-10-5-4-6-11-24/h4-7,9-11,13-14,16,19H,3,8,12,15,17-18,20-21H2,1-2H3,(H,32,35). The number of amides is 1. The molecule has 1 aliphatic heterocycles. The van der Waals surface area contributed by atoms with Crippen molar-refractivity contribution in [2.24, 2.45) is 0 Å². The number of nitrogens with zero attached hydrogens (tertiary/aromatic N) is 2. The first kappa shape index (κ1) is 26.2. The lowest BCUT2D eigenvalue weighted by Crippen LogP contribution is -2.37. The molecule has 0 aliphatic carbocycles. The third-order valence-electron chi connectivity index (χ3n) is 6.62. The fraction of sp³-hybridized carbons (Fsp3) is 0.333. The van der Waals surface area contributed by atoms with Crippen molar-refractivity contribution in [3.8, 4) is 0 Å². The normalized spacial score (nSPS) is 12.6. The first-order valence-electron chi connectivity index (χ1n) is 12.8. The van der Waals surface area contributed by atoms with Crippen molar-refractivity contribution < 1.29 is 18.7 Å². The monoisotopic (exact) mass is 503 g/mol. The van der Waals surface area contributed by atoms with Crippen LogP contribution in [0.15, 0.2) is 66.7 Å². The molecule has 37 heavy (non-hydrogen) atoms. The molecule has 0 fully saturated rings. The van der Waals surface area contributed by atoms with Crippen LogP contribution in [0.2, 0.25) is 0 Å². The molecule has 7 heteroatoms. The Morgan fingerprint density at radius 1 is 1.05 bits per heavy atom. The van der Waals surface area contributed by atoms with Crippen LogP contribution in [0.4, 0.5) is 21.5 Å². The maximum Gasteiger partial charge on any atom is 0.306 e. The zero-order chi connectivity index (χ0) is 26.2. The number of halogens is 1. The minimum Gasteiger partial charge on any atom is -0.466 e. The maximum atomic E-state index is 14.8. The van der Waals surface area contributed by atoms with Gasteiger partial charge in [-0.15, -0.1) is 0 Å². The Balaban J connectivity index is 1.42. The highest BCUT2D eigenvalue weighted by atomic mass is 19.1. The van der Waals surface area contributed by atoms with Crippen LogP contribution in [0, 0.1) is 5.82 Å². The zero-order valence-corrected chi connectivity index (χ0v) is 21.5. The summed E-state index contributed by atoms with van der Waals surface area (Å²) >= 11 is 0. The van der Waals surface area contributed by atoms with E-state index in [-0.39, 0.29) is 24.1 Å². The van der Waals surface area contributed by atoms with Gasteiger partial charge in [0.05, 0.1) is 13.2 Å². The predicted octanol–water partition coefficient (Wildman–Crippen LogP) is 5.35. The highest BCUT2D eigenvalue weighted by Crippen LogP contribution is 2.31. The minimum absolute atomic E-state index is 0.0416. The van der Waals surface area contributed by atoms with Gasteiger partial charge in [-0.05, 0) is 73.2 Å². The Bertz CT molecular complexity index is 1230. The molecule has 0 bridgehead atoms. The molecule has 0 atom stereocenters. The number of carbonyl (C=O) groups excluding carboxylic acids is 2. The maximum absolute atomic E-state index is 14.8. The molecule has 0 spiro atoms. The Hall–Kier alpha value is -3.87. The number of para-hydroxylation sites is 1. The third-order valence-corrected chi connectivity index (χ3v) is 6.62. The highest BCUT2D eigenvalue weighted by molar-refractivity contribution is 5.94. The first-order chi connectivity index (χ1) is 17.9. The first-order valence-corrected chi connectivity index (χ1v) is 12.8. The van der Waals surface area contributed by atoms with Gasteiger partial charge in [0.15, 0.2) is 0 Å². The number of rotatable bonds is 10. The number of esters is 1. The summed E-state index contributed by atoms with van der Waals surface area (Å²) in [6, 6.07) is 20.8. The number of fused-ring (bicyclic) bond motifs is 1. The number of hydrogen-bond acceptors (Lipinski definition) is 5. The van der Waals surface area contributed by atoms with Crippen LogP contribution in [0.25, 0.3) is 0 Å². The van der Waals surface area contributed by atoms with Gasteiger partial charge in [-0.2, -0.15) is 0 Å². The summed E-state index contributed by atoms with van der Waals surface area (Å²) in [6.45, 7) is 3.82. The van der Waals surface area contributed by atoms with E-state index in [2.05, 4.69) is 22.3 Å². The minimum atomic E-state index is -0.320. The zero-order valence-electron chi connectivity index (χ0n) is 21.5. The lowest BCUT2D eigenvalue weighted by Gasteiger charge is -2.33. The number of aryl methyl sites for hydroxylation is 1. The van der Waals surface area contributed by atoms with Gasteiger partial charge in [-0.3, -0.25) is 9.59 Å². The topological polar surface area (TPSA) is 61.9 Å². The number of benzene rings is 3. The van der Waals surface area contributed by atoms with E-state index in [0.29, 0.717) is 31.7 Å². The van der Waals surface area contributed by atoms with Gasteiger partial charge in [-0.25, -0.2) is 4.39 Å². The van der Waals surface area contributed by atoms with Crippen LogP contribution in [-0.4, -0.2) is 38.6 Å². The molecule has 3 aromatic carbocycles. The number of carbonyl (C=O) groups is 2. The van der Waals surface area contributed by atoms with E-state index < -0.39 is 0 Å². The Kier molecular flexibility index (Phi) is 8.77. The quantitative estimate of drug-likeness (QED) is 0.378. The third kappa shape index (κ3) is 6.88. The number of anilines is 3. The molecule has 1 heterocycles. The summed E-state index contributed by atoms with van der Waals surface area (Å²) in [4.78, 5) is 28.5. The number of nitrogens with one attached hydrogen (secondary N) is 1. The predicted molar refractivity (Wildman–Crippen MR) is 146 cm³/mol. The smallest absolute Gasteiger partial charge is 0.306 e. The summed E-state index contributed by atoms with van der Waals surface area (Å²) in [7, 11) is 1.94. The van der Waals surface area contributed by atoms with Gasteiger partial charge in [0.2, 0.25) is 5.91 Å². The molecule has 0 saturated carbocycles. The Labute approximate surface area is 218 Å². The lowest BCUT2D eigenvalue weighted by molar-refractivity contribution is -0.143. The summed E-state index contributed by atoms with van der Waals surface area (Å²) in [6.07, 6.45) is 2.39. The molecule has 4 rings (SSSR count). The van der Waals surface area contributed by atoms with Crippen molar-refractivity contribution in [2.75, 3.05) is 41.9 Å². The molecule has 1 N–H and O–H groups in total. The second-order valence-electron chi connectivity index (χ2n) is 9.29. The largest absolute Gasteiger partial charge is 0.466 e. The molecular weight excluding hydrogens is 469 g/mol. The molecule has 0 aromatic heterocycles. The van der Waals surface area contributed by atoms with Crippen LogP contribution in [-0.2, 0) is 33.7 Å². The van der Waals surface area contributed by atoms with E-state index in [1.54, 1.807) is 13.0 Å². The number of hydrogen-bond donors (Lipinski definition) is 1. The average molecular weight is 504 g/mol. The van der Waals surface area contributed by atoms with Crippen molar-refractivity contribution in [3.05, 3.63) is 89.2 Å². The van der Waals surface area contributed by atoms with Crippen molar-refractivity contribution in [3.63, 3.8) is 0 Å². The van der Waals surface area contributed by atoms with E-state index in [1.165, 1.54) is 17.2 Å². The molecule has 0 saturated heterocycles. The molecular formula is C30H34FN3O3. The molecule has 1 aliphatic rings. The van der Waals surface area contributed by atoms with E-state index in [0.717, 1.165) is 36.4 Å². The molecule has 0 unspecified atom stereocenters. The summed E-state index contributed by atoms with van der Waals surface area (Å²) in [5.41, 5.74) is 5.55.